The van der Waals surface area contributed by atoms with Gasteiger partial charge in [-0.05, 0) is 48.4 Å². The Morgan fingerprint density at radius 1 is 1.07 bits per heavy atom. The van der Waals surface area contributed by atoms with Crippen LogP contribution in [0.3, 0.4) is 0 Å². The van der Waals surface area contributed by atoms with Gasteiger partial charge in [0, 0.05) is 12.6 Å². The molecule has 6 nitrogen and oxygen atoms in total. The molecule has 2 rings (SSSR count). The Bertz CT molecular complexity index is 859. The number of hydrogen-bond donors (Lipinski definition) is 1. The molecule has 0 aliphatic carbocycles. The van der Waals surface area contributed by atoms with Gasteiger partial charge in [0.25, 0.3) is 5.91 Å². The largest absolute Gasteiger partial charge is 0.465 e. The average molecular weight is 385 g/mol. The number of rotatable bonds is 7. The number of methoxy groups -OCH3 is 1. The normalized spacial score (nSPS) is 11.7. The fourth-order valence-corrected chi connectivity index (χ4v) is 2.21. The number of amides is 1. The molecule has 146 valence electrons. The zero-order chi connectivity index (χ0) is 20.5. The minimum atomic E-state index is -0.987. The van der Waals surface area contributed by atoms with Gasteiger partial charge in [0.05, 0.1) is 12.7 Å². The Kier molecular flexibility index (Phi) is 7.45. The summed E-state index contributed by atoms with van der Waals surface area (Å²) >= 11 is 0. The first kappa shape index (κ1) is 20.8. The Balaban J connectivity index is 1.82. The van der Waals surface area contributed by atoms with E-state index in [0.29, 0.717) is 11.1 Å². The molecule has 0 aromatic heterocycles. The molecular formula is C21H20FNO5. The lowest BCUT2D eigenvalue weighted by atomic mass is 10.1. The molecule has 1 atom stereocenters. The topological polar surface area (TPSA) is 81.7 Å². The van der Waals surface area contributed by atoms with Crippen LogP contribution in [-0.2, 0) is 25.6 Å². The lowest BCUT2D eigenvalue weighted by molar-refractivity contribution is -0.150. The smallest absolute Gasteiger partial charge is 0.337 e. The molecule has 2 aromatic rings. The Hall–Kier alpha value is -3.48. The van der Waals surface area contributed by atoms with Crippen molar-refractivity contribution in [1.29, 1.82) is 0 Å². The highest BCUT2D eigenvalue weighted by Gasteiger charge is 2.16. The number of carbonyl (C=O) groups is 3. The number of esters is 2. The van der Waals surface area contributed by atoms with Crippen LogP contribution >= 0.6 is 0 Å². The maximum Gasteiger partial charge on any atom is 0.337 e. The lowest BCUT2D eigenvalue weighted by Gasteiger charge is -2.12. The molecule has 0 unspecified atom stereocenters. The van der Waals surface area contributed by atoms with Crippen molar-refractivity contribution >= 4 is 23.9 Å². The van der Waals surface area contributed by atoms with Gasteiger partial charge in [-0.2, -0.15) is 0 Å². The molecule has 0 heterocycles. The van der Waals surface area contributed by atoms with Gasteiger partial charge in [0.1, 0.15) is 5.82 Å². The number of benzene rings is 2. The van der Waals surface area contributed by atoms with Crippen molar-refractivity contribution in [3.05, 3.63) is 77.1 Å². The molecule has 0 aliphatic heterocycles. The van der Waals surface area contributed by atoms with Gasteiger partial charge < -0.3 is 14.8 Å². The van der Waals surface area contributed by atoms with Crippen LogP contribution in [-0.4, -0.2) is 31.1 Å². The van der Waals surface area contributed by atoms with Gasteiger partial charge in [0.15, 0.2) is 6.10 Å². The van der Waals surface area contributed by atoms with E-state index in [1.807, 2.05) is 0 Å². The highest BCUT2D eigenvalue weighted by Crippen LogP contribution is 2.08. The number of ether oxygens (including phenoxy) is 2. The van der Waals surface area contributed by atoms with Crippen molar-refractivity contribution in [2.45, 2.75) is 19.6 Å². The van der Waals surface area contributed by atoms with Gasteiger partial charge in [-0.3, -0.25) is 4.79 Å². The van der Waals surface area contributed by atoms with Crippen LogP contribution in [0.4, 0.5) is 4.39 Å². The summed E-state index contributed by atoms with van der Waals surface area (Å²) in [5.41, 5.74) is 1.80. The monoisotopic (exact) mass is 385 g/mol. The van der Waals surface area contributed by atoms with Crippen molar-refractivity contribution < 1.29 is 28.2 Å². The first-order valence-corrected chi connectivity index (χ1v) is 8.48. The van der Waals surface area contributed by atoms with Crippen LogP contribution in [0, 0.1) is 5.82 Å². The van der Waals surface area contributed by atoms with Crippen molar-refractivity contribution in [3.63, 3.8) is 0 Å². The summed E-state index contributed by atoms with van der Waals surface area (Å²) < 4.78 is 22.5. The van der Waals surface area contributed by atoms with Gasteiger partial charge in [-0.1, -0.05) is 24.3 Å². The van der Waals surface area contributed by atoms with Crippen LogP contribution in [0.1, 0.15) is 28.4 Å². The van der Waals surface area contributed by atoms with Crippen LogP contribution in [0.25, 0.3) is 6.08 Å². The predicted molar refractivity (Wildman–Crippen MR) is 101 cm³/mol. The lowest BCUT2D eigenvalue weighted by Crippen LogP contribution is -2.35. The Morgan fingerprint density at radius 3 is 2.32 bits per heavy atom. The second-order valence-corrected chi connectivity index (χ2v) is 5.87. The summed E-state index contributed by atoms with van der Waals surface area (Å²) in [6.07, 6.45) is 1.71. The van der Waals surface area contributed by atoms with E-state index < -0.39 is 23.9 Å². The fourth-order valence-electron chi connectivity index (χ4n) is 2.21. The molecule has 0 radical (unpaired) electrons. The molecule has 28 heavy (non-hydrogen) atoms. The van der Waals surface area contributed by atoms with Gasteiger partial charge in [0.2, 0.25) is 0 Å². The summed E-state index contributed by atoms with van der Waals surface area (Å²) in [5.74, 6) is -1.95. The summed E-state index contributed by atoms with van der Waals surface area (Å²) in [6, 6.07) is 12.1. The van der Waals surface area contributed by atoms with Gasteiger partial charge in [-0.15, -0.1) is 0 Å². The van der Waals surface area contributed by atoms with Crippen molar-refractivity contribution in [2.75, 3.05) is 7.11 Å². The second kappa shape index (κ2) is 10.0. The van der Waals surface area contributed by atoms with E-state index in [1.54, 1.807) is 36.4 Å². The molecule has 7 heteroatoms. The molecule has 0 spiro atoms. The Labute approximate surface area is 162 Å². The molecule has 2 aromatic carbocycles. The molecule has 1 N–H and O–H groups in total. The van der Waals surface area contributed by atoms with Crippen LogP contribution in [0.15, 0.2) is 54.6 Å². The maximum absolute atomic E-state index is 12.9. The van der Waals surface area contributed by atoms with Crippen molar-refractivity contribution in [3.8, 4) is 0 Å². The highest BCUT2D eigenvalue weighted by atomic mass is 19.1. The van der Waals surface area contributed by atoms with E-state index in [4.69, 9.17) is 4.74 Å². The number of nitrogens with one attached hydrogen (secondary N) is 1. The van der Waals surface area contributed by atoms with E-state index in [0.717, 1.165) is 5.56 Å². The fraction of sp³-hybridized carbons (Fsp3) is 0.190. The first-order chi connectivity index (χ1) is 13.4. The molecule has 1 amide bonds. The van der Waals surface area contributed by atoms with E-state index in [1.165, 1.54) is 38.3 Å². The van der Waals surface area contributed by atoms with Crippen LogP contribution in [0.2, 0.25) is 0 Å². The molecule has 0 bridgehead atoms. The quantitative estimate of drug-likeness (QED) is 0.585. The summed E-state index contributed by atoms with van der Waals surface area (Å²) in [6.45, 7) is 1.65. The predicted octanol–water partition coefficient (Wildman–Crippen LogP) is 2.87. The summed E-state index contributed by atoms with van der Waals surface area (Å²) in [5, 5.41) is 2.61. The standard InChI is InChI=1S/C21H20FNO5/c1-14(20(25)23-13-16-5-10-18(22)11-6-16)28-19(24)12-7-15-3-8-17(9-4-15)21(26)27-2/h3-12,14H,13H2,1-2H3,(H,23,25)/b12-7+/t14-/m1/s1. The average Bonchev–Trinajstić information content (AvgIpc) is 2.71. The first-order valence-electron chi connectivity index (χ1n) is 8.48. The summed E-state index contributed by atoms with van der Waals surface area (Å²) in [7, 11) is 1.29. The minimum Gasteiger partial charge on any atom is -0.465 e. The van der Waals surface area contributed by atoms with E-state index in [2.05, 4.69) is 10.1 Å². The third-order valence-electron chi connectivity index (χ3n) is 3.79. The molecule has 0 fully saturated rings. The van der Waals surface area contributed by atoms with Gasteiger partial charge in [-0.25, -0.2) is 14.0 Å². The van der Waals surface area contributed by atoms with E-state index >= 15 is 0 Å². The maximum atomic E-state index is 12.9. The molecule has 0 saturated heterocycles. The molecule has 0 aliphatic rings. The summed E-state index contributed by atoms with van der Waals surface area (Å²) in [4.78, 5) is 35.2. The third kappa shape index (κ3) is 6.35. The number of halogens is 1. The Morgan fingerprint density at radius 2 is 1.71 bits per heavy atom. The molecular weight excluding hydrogens is 365 g/mol. The van der Waals surface area contributed by atoms with Crippen molar-refractivity contribution in [2.24, 2.45) is 0 Å². The van der Waals surface area contributed by atoms with Crippen LogP contribution in [0.5, 0.6) is 0 Å². The highest BCUT2D eigenvalue weighted by molar-refractivity contribution is 5.91. The minimum absolute atomic E-state index is 0.198. The number of hydrogen-bond acceptors (Lipinski definition) is 5. The van der Waals surface area contributed by atoms with E-state index in [9.17, 15) is 18.8 Å². The third-order valence-corrected chi connectivity index (χ3v) is 3.79. The van der Waals surface area contributed by atoms with Crippen LogP contribution < -0.4 is 5.32 Å². The number of carbonyl (C=O) groups excluding carboxylic acids is 3. The molecule has 0 saturated carbocycles. The van der Waals surface area contributed by atoms with Gasteiger partial charge >= 0.3 is 11.9 Å². The SMILES string of the molecule is COC(=O)c1ccc(/C=C/C(=O)O[C@H](C)C(=O)NCc2ccc(F)cc2)cc1. The zero-order valence-electron chi connectivity index (χ0n) is 15.5. The van der Waals surface area contributed by atoms with E-state index in [-0.39, 0.29) is 12.4 Å². The zero-order valence-corrected chi connectivity index (χ0v) is 15.5. The second-order valence-electron chi connectivity index (χ2n) is 5.87. The van der Waals surface area contributed by atoms with Crippen molar-refractivity contribution in [1.82, 2.24) is 5.32 Å².